The summed E-state index contributed by atoms with van der Waals surface area (Å²) >= 11 is 0. The molecule has 1 heterocycles. The van der Waals surface area contributed by atoms with E-state index in [1.165, 1.54) is 23.5 Å². The van der Waals surface area contributed by atoms with Crippen LogP contribution in [0.25, 0.3) is 0 Å². The van der Waals surface area contributed by atoms with Crippen molar-refractivity contribution < 1.29 is 17.9 Å². The molecular weight excluding hydrogens is 328 g/mol. The molecule has 1 fully saturated rings. The van der Waals surface area contributed by atoms with Crippen molar-refractivity contribution in [2.45, 2.75) is 44.4 Å². The van der Waals surface area contributed by atoms with Crippen LogP contribution in [0.1, 0.15) is 39.5 Å². The third kappa shape index (κ3) is 4.27. The van der Waals surface area contributed by atoms with E-state index >= 15 is 0 Å². The summed E-state index contributed by atoms with van der Waals surface area (Å²) in [6.45, 7) is 4.64. The van der Waals surface area contributed by atoms with E-state index in [0.29, 0.717) is 24.5 Å². The van der Waals surface area contributed by atoms with E-state index in [-0.39, 0.29) is 16.7 Å². The second kappa shape index (κ2) is 7.98. The molecule has 6 nitrogen and oxygen atoms in total. The first-order chi connectivity index (χ1) is 11.4. The van der Waals surface area contributed by atoms with E-state index < -0.39 is 10.0 Å². The Labute approximate surface area is 144 Å². The Morgan fingerprint density at radius 3 is 2.33 bits per heavy atom. The molecule has 7 heteroatoms. The normalized spacial score (nSPS) is 16.7. The Hall–Kier alpha value is -1.60. The van der Waals surface area contributed by atoms with Gasteiger partial charge < -0.3 is 10.1 Å². The van der Waals surface area contributed by atoms with Gasteiger partial charge in [-0.25, -0.2) is 8.42 Å². The standard InChI is InChI=1S/C17H26N2O4S/c1-13(2)17(20)18-15-12-14(8-9-16(15)23-3)24(21,22)19-10-6-4-5-7-11-19/h8-9,12-13H,4-7,10-11H2,1-3H3,(H,18,20). The number of ether oxygens (including phenoxy) is 1. The van der Waals surface area contributed by atoms with E-state index in [2.05, 4.69) is 5.32 Å². The Morgan fingerprint density at radius 2 is 1.79 bits per heavy atom. The lowest BCUT2D eigenvalue weighted by Gasteiger charge is -2.21. The van der Waals surface area contributed by atoms with Crippen molar-refractivity contribution >= 4 is 21.6 Å². The number of rotatable bonds is 5. The first-order valence-electron chi connectivity index (χ1n) is 8.35. The minimum atomic E-state index is -3.56. The van der Waals surface area contributed by atoms with Gasteiger partial charge in [0.05, 0.1) is 17.7 Å². The number of methoxy groups -OCH3 is 1. The molecule has 0 aromatic heterocycles. The third-order valence-electron chi connectivity index (χ3n) is 4.16. The van der Waals surface area contributed by atoms with Gasteiger partial charge in [0.1, 0.15) is 5.75 Å². The fourth-order valence-electron chi connectivity index (χ4n) is 2.65. The van der Waals surface area contributed by atoms with Gasteiger partial charge in [-0.1, -0.05) is 26.7 Å². The third-order valence-corrected chi connectivity index (χ3v) is 6.05. The second-order valence-electron chi connectivity index (χ2n) is 6.32. The number of amides is 1. The van der Waals surface area contributed by atoms with Crippen molar-refractivity contribution in [2.24, 2.45) is 5.92 Å². The quantitative estimate of drug-likeness (QED) is 0.882. The van der Waals surface area contributed by atoms with Gasteiger partial charge >= 0.3 is 0 Å². The SMILES string of the molecule is COc1ccc(S(=O)(=O)N2CCCCCC2)cc1NC(=O)C(C)C. The number of nitrogens with one attached hydrogen (secondary N) is 1. The summed E-state index contributed by atoms with van der Waals surface area (Å²) in [7, 11) is -2.07. The van der Waals surface area contributed by atoms with Crippen molar-refractivity contribution in [3.05, 3.63) is 18.2 Å². The zero-order valence-corrected chi connectivity index (χ0v) is 15.4. The Bertz CT molecular complexity index is 678. The molecule has 1 amide bonds. The molecule has 0 aliphatic carbocycles. The van der Waals surface area contributed by atoms with Crippen molar-refractivity contribution in [2.75, 3.05) is 25.5 Å². The predicted molar refractivity (Wildman–Crippen MR) is 93.7 cm³/mol. The van der Waals surface area contributed by atoms with Crippen LogP contribution in [0.2, 0.25) is 0 Å². The minimum Gasteiger partial charge on any atom is -0.495 e. The van der Waals surface area contributed by atoms with E-state index in [1.807, 2.05) is 0 Å². The molecule has 1 aromatic carbocycles. The lowest BCUT2D eigenvalue weighted by molar-refractivity contribution is -0.118. The molecule has 1 aliphatic heterocycles. The number of anilines is 1. The van der Waals surface area contributed by atoms with Gasteiger partial charge in [0.2, 0.25) is 15.9 Å². The molecule has 0 spiro atoms. The highest BCUT2D eigenvalue weighted by atomic mass is 32.2. The van der Waals surface area contributed by atoms with Crippen LogP contribution in [0.3, 0.4) is 0 Å². The van der Waals surface area contributed by atoms with E-state index in [4.69, 9.17) is 4.74 Å². The average molecular weight is 354 g/mol. The molecule has 0 radical (unpaired) electrons. The van der Waals surface area contributed by atoms with Crippen LogP contribution in [0.5, 0.6) is 5.75 Å². The minimum absolute atomic E-state index is 0.183. The molecule has 1 N–H and O–H groups in total. The molecule has 1 saturated heterocycles. The Balaban J connectivity index is 2.34. The highest BCUT2D eigenvalue weighted by Gasteiger charge is 2.26. The number of carbonyl (C=O) groups excluding carboxylic acids is 1. The largest absolute Gasteiger partial charge is 0.495 e. The summed E-state index contributed by atoms with van der Waals surface area (Å²) in [6, 6.07) is 4.60. The summed E-state index contributed by atoms with van der Waals surface area (Å²) < 4.78 is 32.5. The lowest BCUT2D eigenvalue weighted by Crippen LogP contribution is -2.32. The topological polar surface area (TPSA) is 75.7 Å². The van der Waals surface area contributed by atoms with Crippen LogP contribution in [-0.2, 0) is 14.8 Å². The molecule has 1 aliphatic rings. The summed E-state index contributed by atoms with van der Waals surface area (Å²) in [5.41, 5.74) is 0.382. The number of sulfonamides is 1. The van der Waals surface area contributed by atoms with Gasteiger partial charge in [0.25, 0.3) is 0 Å². The van der Waals surface area contributed by atoms with Crippen LogP contribution in [0.4, 0.5) is 5.69 Å². The highest BCUT2D eigenvalue weighted by molar-refractivity contribution is 7.89. The van der Waals surface area contributed by atoms with Gasteiger partial charge in [0.15, 0.2) is 0 Å². The maximum absolute atomic E-state index is 12.9. The first kappa shape index (κ1) is 18.7. The molecule has 134 valence electrons. The van der Waals surface area contributed by atoms with Gasteiger partial charge in [-0.15, -0.1) is 0 Å². The van der Waals surface area contributed by atoms with Gasteiger partial charge in [-0.05, 0) is 31.0 Å². The van der Waals surface area contributed by atoms with Crippen molar-refractivity contribution in [1.29, 1.82) is 0 Å². The summed E-state index contributed by atoms with van der Waals surface area (Å²) in [4.78, 5) is 12.1. The smallest absolute Gasteiger partial charge is 0.243 e. The monoisotopic (exact) mass is 354 g/mol. The highest BCUT2D eigenvalue weighted by Crippen LogP contribution is 2.30. The van der Waals surface area contributed by atoms with E-state index in [9.17, 15) is 13.2 Å². The maximum Gasteiger partial charge on any atom is 0.243 e. The van der Waals surface area contributed by atoms with Gasteiger partial charge in [0, 0.05) is 19.0 Å². The molecule has 1 aromatic rings. The number of carbonyl (C=O) groups is 1. The molecule has 0 saturated carbocycles. The number of benzene rings is 1. The van der Waals surface area contributed by atoms with Crippen molar-refractivity contribution in [3.8, 4) is 5.75 Å². The summed E-state index contributed by atoms with van der Waals surface area (Å²) in [5.74, 6) is 0.0528. The van der Waals surface area contributed by atoms with Crippen molar-refractivity contribution in [3.63, 3.8) is 0 Å². The van der Waals surface area contributed by atoms with E-state index in [1.54, 1.807) is 19.9 Å². The van der Waals surface area contributed by atoms with Crippen LogP contribution in [-0.4, -0.2) is 38.8 Å². The zero-order chi connectivity index (χ0) is 17.7. The first-order valence-corrected chi connectivity index (χ1v) is 9.79. The summed E-state index contributed by atoms with van der Waals surface area (Å²) in [6.07, 6.45) is 3.88. The average Bonchev–Trinajstić information content (AvgIpc) is 2.84. The molecule has 0 atom stereocenters. The Morgan fingerprint density at radius 1 is 1.17 bits per heavy atom. The second-order valence-corrected chi connectivity index (χ2v) is 8.26. The van der Waals surface area contributed by atoms with Crippen molar-refractivity contribution in [1.82, 2.24) is 4.31 Å². The van der Waals surface area contributed by atoms with Crippen LogP contribution in [0, 0.1) is 5.92 Å². The molecular formula is C17H26N2O4S. The van der Waals surface area contributed by atoms with Gasteiger partial charge in [-0.3, -0.25) is 4.79 Å². The molecule has 0 bridgehead atoms. The number of hydrogen-bond acceptors (Lipinski definition) is 4. The molecule has 24 heavy (non-hydrogen) atoms. The summed E-state index contributed by atoms with van der Waals surface area (Å²) in [5, 5.41) is 2.74. The molecule has 0 unspecified atom stereocenters. The maximum atomic E-state index is 12.9. The number of hydrogen-bond donors (Lipinski definition) is 1. The fraction of sp³-hybridized carbons (Fsp3) is 0.588. The van der Waals surface area contributed by atoms with Gasteiger partial charge in [-0.2, -0.15) is 4.31 Å². The van der Waals surface area contributed by atoms with Crippen LogP contribution in [0.15, 0.2) is 23.1 Å². The number of nitrogens with zero attached hydrogens (tertiary/aromatic N) is 1. The zero-order valence-electron chi connectivity index (χ0n) is 14.5. The fourth-order valence-corrected chi connectivity index (χ4v) is 4.20. The molecule has 2 rings (SSSR count). The van der Waals surface area contributed by atoms with E-state index in [0.717, 1.165) is 25.7 Å². The lowest BCUT2D eigenvalue weighted by atomic mass is 10.2. The van der Waals surface area contributed by atoms with Crippen LogP contribution < -0.4 is 10.1 Å². The van der Waals surface area contributed by atoms with Crippen LogP contribution >= 0.6 is 0 Å². The predicted octanol–water partition coefficient (Wildman–Crippen LogP) is 2.85. The Kier molecular flexibility index (Phi) is 6.23.